The molecular weight excluding hydrogens is 452 g/mol. The number of halogens is 1. The van der Waals surface area contributed by atoms with Gasteiger partial charge in [-0.15, -0.1) is 0 Å². The molecule has 0 aliphatic heterocycles. The molecule has 1 heterocycles. The lowest BCUT2D eigenvalue weighted by atomic mass is 10.2. The number of benzene rings is 2. The fraction of sp³-hybridized carbons (Fsp3) is 0.227. The molecule has 0 atom stereocenters. The summed E-state index contributed by atoms with van der Waals surface area (Å²) in [5.74, 6) is -0.756. The van der Waals surface area contributed by atoms with Crippen LogP contribution in [0.4, 0.5) is 5.69 Å². The molecular formula is C22H23ClN4O4S. The van der Waals surface area contributed by atoms with Crippen molar-refractivity contribution in [2.45, 2.75) is 25.7 Å². The highest BCUT2D eigenvalue weighted by Crippen LogP contribution is 2.21. The third kappa shape index (κ3) is 4.74. The lowest BCUT2D eigenvalue weighted by Crippen LogP contribution is -2.30. The second kappa shape index (κ2) is 9.64. The van der Waals surface area contributed by atoms with Crippen LogP contribution in [0.1, 0.15) is 30.0 Å². The summed E-state index contributed by atoms with van der Waals surface area (Å²) >= 11 is 6.24. The van der Waals surface area contributed by atoms with Crippen molar-refractivity contribution >= 4 is 33.2 Å². The Balaban J connectivity index is 1.96. The number of carbonyl (C=O) groups excluding carboxylic acids is 1. The molecule has 32 heavy (non-hydrogen) atoms. The summed E-state index contributed by atoms with van der Waals surface area (Å²) < 4.78 is 28.3. The van der Waals surface area contributed by atoms with Crippen LogP contribution in [0.3, 0.4) is 0 Å². The molecule has 0 spiro atoms. The average Bonchev–Trinajstić information content (AvgIpc) is 2.75. The lowest BCUT2D eigenvalue weighted by molar-refractivity contribution is 0.101. The summed E-state index contributed by atoms with van der Waals surface area (Å²) in [5.41, 5.74) is 0.358. The van der Waals surface area contributed by atoms with Gasteiger partial charge in [0, 0.05) is 30.5 Å². The summed E-state index contributed by atoms with van der Waals surface area (Å²) in [6.45, 7) is 5.83. The Bertz CT molecular complexity index is 1320. The van der Waals surface area contributed by atoms with Crippen LogP contribution in [0.25, 0.3) is 5.69 Å². The van der Waals surface area contributed by atoms with Gasteiger partial charge in [-0.1, -0.05) is 43.6 Å². The summed E-state index contributed by atoms with van der Waals surface area (Å²) in [7, 11) is -3.70. The normalized spacial score (nSPS) is 11.5. The van der Waals surface area contributed by atoms with Crippen molar-refractivity contribution < 1.29 is 13.2 Å². The largest absolute Gasteiger partial charge is 0.320 e. The van der Waals surface area contributed by atoms with Crippen molar-refractivity contribution in [1.29, 1.82) is 0 Å². The van der Waals surface area contributed by atoms with E-state index in [4.69, 9.17) is 11.6 Å². The molecule has 2 aromatic carbocycles. The molecule has 10 heteroatoms. The molecule has 1 amide bonds. The average molecular weight is 475 g/mol. The summed E-state index contributed by atoms with van der Waals surface area (Å²) in [6, 6.07) is 14.1. The van der Waals surface area contributed by atoms with E-state index in [2.05, 4.69) is 10.4 Å². The van der Waals surface area contributed by atoms with E-state index in [9.17, 15) is 18.0 Å². The van der Waals surface area contributed by atoms with Crippen LogP contribution in [0.2, 0.25) is 5.02 Å². The summed E-state index contributed by atoms with van der Waals surface area (Å²) in [5, 5.41) is 7.18. The maximum absolute atomic E-state index is 12.8. The van der Waals surface area contributed by atoms with Gasteiger partial charge in [-0.3, -0.25) is 9.59 Å². The predicted octanol–water partition coefficient (Wildman–Crippen LogP) is 3.48. The second-order valence-electron chi connectivity index (χ2n) is 6.93. The van der Waals surface area contributed by atoms with Crippen LogP contribution in [-0.4, -0.2) is 41.5 Å². The van der Waals surface area contributed by atoms with Crippen molar-refractivity contribution in [1.82, 2.24) is 14.1 Å². The second-order valence-corrected chi connectivity index (χ2v) is 9.28. The van der Waals surface area contributed by atoms with Gasteiger partial charge < -0.3 is 5.32 Å². The highest BCUT2D eigenvalue weighted by Gasteiger charge is 2.22. The molecule has 0 fully saturated rings. The molecule has 8 nitrogen and oxygen atoms in total. The fourth-order valence-electron chi connectivity index (χ4n) is 3.21. The molecule has 1 N–H and O–H groups in total. The number of anilines is 1. The number of amides is 1. The Morgan fingerprint density at radius 3 is 2.44 bits per heavy atom. The van der Waals surface area contributed by atoms with Crippen molar-refractivity contribution in [3.63, 3.8) is 0 Å². The number of carbonyl (C=O) groups is 1. The highest BCUT2D eigenvalue weighted by molar-refractivity contribution is 7.89. The van der Waals surface area contributed by atoms with Gasteiger partial charge in [0.1, 0.15) is 0 Å². The minimum absolute atomic E-state index is 0.0457. The van der Waals surface area contributed by atoms with E-state index < -0.39 is 21.4 Å². The van der Waals surface area contributed by atoms with Crippen molar-refractivity contribution in [3.05, 3.63) is 81.2 Å². The standard InChI is InChI=1S/C22H23ClN4O4S/c1-4-26(5-2)32(30,31)17-10-8-9-16(14-17)24-22(29)21-20(28)13-15(3)27(25-21)19-12-7-6-11-18(19)23/h6-14H,4-5H2,1-3H3,(H,24,29). The van der Waals surface area contributed by atoms with E-state index in [1.165, 1.54) is 33.3 Å². The highest BCUT2D eigenvalue weighted by atomic mass is 35.5. The van der Waals surface area contributed by atoms with Crippen LogP contribution >= 0.6 is 11.6 Å². The van der Waals surface area contributed by atoms with E-state index in [1.54, 1.807) is 51.1 Å². The zero-order valence-corrected chi connectivity index (χ0v) is 19.4. The number of rotatable bonds is 7. The van der Waals surface area contributed by atoms with Gasteiger partial charge in [0.2, 0.25) is 15.5 Å². The fourth-order valence-corrected chi connectivity index (χ4v) is 4.93. The van der Waals surface area contributed by atoms with Gasteiger partial charge in [-0.25, -0.2) is 13.1 Å². The summed E-state index contributed by atoms with van der Waals surface area (Å²) in [4.78, 5) is 25.3. The smallest absolute Gasteiger partial charge is 0.280 e. The molecule has 0 aliphatic carbocycles. The minimum atomic E-state index is -3.70. The van der Waals surface area contributed by atoms with Crippen molar-refractivity contribution in [2.24, 2.45) is 0 Å². The third-order valence-corrected chi connectivity index (χ3v) is 7.20. The number of nitrogens with one attached hydrogen (secondary N) is 1. The Morgan fingerprint density at radius 2 is 1.78 bits per heavy atom. The minimum Gasteiger partial charge on any atom is -0.320 e. The molecule has 0 saturated carbocycles. The Kier molecular flexibility index (Phi) is 7.12. The molecule has 3 rings (SSSR count). The van der Waals surface area contributed by atoms with Crippen molar-refractivity contribution in [2.75, 3.05) is 18.4 Å². The number of hydrogen-bond donors (Lipinski definition) is 1. The SMILES string of the molecule is CCN(CC)S(=O)(=O)c1cccc(NC(=O)c2nn(-c3ccccc3Cl)c(C)cc2=O)c1. The van der Waals surface area contributed by atoms with E-state index >= 15 is 0 Å². The molecule has 1 aromatic heterocycles. The number of hydrogen-bond acceptors (Lipinski definition) is 5. The van der Waals surface area contributed by atoms with E-state index in [-0.39, 0.29) is 16.3 Å². The van der Waals surface area contributed by atoms with E-state index in [0.29, 0.717) is 29.5 Å². The van der Waals surface area contributed by atoms with Gasteiger partial charge in [-0.05, 0) is 37.3 Å². The molecule has 168 valence electrons. The van der Waals surface area contributed by atoms with Crippen LogP contribution in [0.5, 0.6) is 0 Å². The third-order valence-electron chi connectivity index (χ3n) is 4.84. The van der Waals surface area contributed by atoms with Gasteiger partial charge in [0.05, 0.1) is 15.6 Å². The van der Waals surface area contributed by atoms with Crippen molar-refractivity contribution in [3.8, 4) is 5.69 Å². The molecule has 0 radical (unpaired) electrons. The zero-order chi connectivity index (χ0) is 23.5. The van der Waals surface area contributed by atoms with Crippen LogP contribution in [-0.2, 0) is 10.0 Å². The first-order chi connectivity index (χ1) is 15.2. The lowest BCUT2D eigenvalue weighted by Gasteiger charge is -2.18. The van der Waals surface area contributed by atoms with Gasteiger partial charge in [0.25, 0.3) is 5.91 Å². The van der Waals surface area contributed by atoms with Gasteiger partial charge >= 0.3 is 0 Å². The Labute approximate surface area is 191 Å². The summed E-state index contributed by atoms with van der Waals surface area (Å²) in [6.07, 6.45) is 0. The number of nitrogens with zero attached hydrogens (tertiary/aromatic N) is 3. The van der Waals surface area contributed by atoms with Crippen LogP contribution in [0, 0.1) is 6.92 Å². The molecule has 0 bridgehead atoms. The zero-order valence-electron chi connectivity index (χ0n) is 17.9. The molecule has 3 aromatic rings. The molecule has 0 aliphatic rings. The Morgan fingerprint density at radius 1 is 1.09 bits per heavy atom. The first kappa shape index (κ1) is 23.6. The number of para-hydroxylation sites is 1. The predicted molar refractivity (Wildman–Crippen MR) is 124 cm³/mol. The maximum Gasteiger partial charge on any atom is 0.280 e. The van der Waals surface area contributed by atoms with Gasteiger partial charge in [-0.2, -0.15) is 9.40 Å². The topological polar surface area (TPSA) is 101 Å². The maximum atomic E-state index is 12.8. The number of sulfonamides is 1. The van der Waals surface area contributed by atoms with Crippen LogP contribution in [0.15, 0.2) is 64.3 Å². The van der Waals surface area contributed by atoms with Crippen LogP contribution < -0.4 is 10.7 Å². The first-order valence-corrected chi connectivity index (χ1v) is 11.8. The quantitative estimate of drug-likeness (QED) is 0.565. The number of aromatic nitrogens is 2. The first-order valence-electron chi connectivity index (χ1n) is 9.96. The molecule has 0 saturated heterocycles. The number of aryl methyl sites for hydroxylation is 1. The van der Waals surface area contributed by atoms with E-state index in [1.807, 2.05) is 0 Å². The molecule has 0 unspecified atom stereocenters. The Hall–Kier alpha value is -3.01. The van der Waals surface area contributed by atoms with Gasteiger partial charge in [0.15, 0.2) is 5.69 Å². The monoisotopic (exact) mass is 474 g/mol. The van der Waals surface area contributed by atoms with E-state index in [0.717, 1.165) is 0 Å².